The molecule has 0 fully saturated rings. The summed E-state index contributed by atoms with van der Waals surface area (Å²) in [7, 11) is 0. The molecule has 0 radical (unpaired) electrons. The Labute approximate surface area is 173 Å². The van der Waals surface area contributed by atoms with Gasteiger partial charge in [0.05, 0.1) is 5.56 Å². The Morgan fingerprint density at radius 3 is 2.64 bits per heavy atom. The maximum atomic E-state index is 12.9. The van der Waals surface area contributed by atoms with Crippen molar-refractivity contribution in [3.8, 4) is 0 Å². The summed E-state index contributed by atoms with van der Waals surface area (Å²) in [5.41, 5.74) is 4.37. The number of hydrogen-bond donors (Lipinski definition) is 2. The summed E-state index contributed by atoms with van der Waals surface area (Å²) in [5.74, 6) is 0.0164. The van der Waals surface area contributed by atoms with Gasteiger partial charge in [-0.3, -0.25) is 9.69 Å². The number of thiophene rings is 1. The van der Waals surface area contributed by atoms with E-state index in [0.717, 1.165) is 42.2 Å². The molecular weight excluding hydrogens is 390 g/mol. The number of nitrogens with zero attached hydrogens (tertiary/aromatic N) is 1. The molecule has 3 heterocycles. The van der Waals surface area contributed by atoms with Crippen LogP contribution in [-0.2, 0) is 19.5 Å². The lowest BCUT2D eigenvalue weighted by Gasteiger charge is -2.28. The molecule has 5 rings (SSSR count). The van der Waals surface area contributed by atoms with Crippen molar-refractivity contribution in [1.82, 2.24) is 10.2 Å². The van der Waals surface area contributed by atoms with Gasteiger partial charge in [-0.05, 0) is 35.2 Å². The predicted octanol–water partition coefficient (Wildman–Crippen LogP) is 4.81. The molecule has 2 aliphatic rings. The van der Waals surface area contributed by atoms with Crippen LogP contribution in [0, 0.1) is 0 Å². The van der Waals surface area contributed by atoms with Crippen LogP contribution in [0.15, 0.2) is 54.6 Å². The van der Waals surface area contributed by atoms with Crippen LogP contribution in [0.2, 0.25) is 5.02 Å². The Hall–Kier alpha value is -2.34. The third-order valence-electron chi connectivity index (χ3n) is 5.37. The van der Waals surface area contributed by atoms with Gasteiger partial charge in [0.15, 0.2) is 0 Å². The summed E-state index contributed by atoms with van der Waals surface area (Å²) in [6.07, 6.45) is 0.687. The minimum absolute atomic E-state index is 0.0164. The van der Waals surface area contributed by atoms with Gasteiger partial charge < -0.3 is 10.6 Å². The zero-order chi connectivity index (χ0) is 19.1. The van der Waals surface area contributed by atoms with Crippen molar-refractivity contribution in [2.24, 2.45) is 0 Å². The molecule has 0 saturated carbocycles. The number of fused-ring (bicyclic) bond motifs is 3. The van der Waals surface area contributed by atoms with Gasteiger partial charge in [-0.1, -0.05) is 54.1 Å². The molecule has 1 atom stereocenters. The molecule has 2 aliphatic heterocycles. The van der Waals surface area contributed by atoms with Crippen LogP contribution in [0.25, 0.3) is 0 Å². The van der Waals surface area contributed by atoms with E-state index in [2.05, 4.69) is 39.8 Å². The van der Waals surface area contributed by atoms with Crippen molar-refractivity contribution in [3.63, 3.8) is 0 Å². The number of hydrogen-bond acceptors (Lipinski definition) is 4. The van der Waals surface area contributed by atoms with E-state index in [4.69, 9.17) is 11.6 Å². The Bertz CT molecular complexity index is 1020. The predicted molar refractivity (Wildman–Crippen MR) is 114 cm³/mol. The lowest BCUT2D eigenvalue weighted by molar-refractivity contribution is 0.0934. The van der Waals surface area contributed by atoms with Crippen LogP contribution in [-0.4, -0.2) is 17.4 Å². The summed E-state index contributed by atoms with van der Waals surface area (Å²) in [4.78, 5) is 16.6. The highest BCUT2D eigenvalue weighted by atomic mass is 35.5. The number of carbonyl (C=O) groups is 1. The first kappa shape index (κ1) is 17.7. The number of benzene rings is 2. The van der Waals surface area contributed by atoms with Gasteiger partial charge in [0, 0.05) is 29.5 Å². The molecule has 28 heavy (non-hydrogen) atoms. The van der Waals surface area contributed by atoms with Crippen LogP contribution in [0.4, 0.5) is 5.00 Å². The van der Waals surface area contributed by atoms with Crippen molar-refractivity contribution < 1.29 is 4.79 Å². The third-order valence-corrected chi connectivity index (χ3v) is 6.77. The largest absolute Gasteiger partial charge is 0.353 e. The molecule has 142 valence electrons. The molecule has 0 aliphatic carbocycles. The summed E-state index contributed by atoms with van der Waals surface area (Å²) in [6, 6.07) is 18.1. The molecule has 0 saturated heterocycles. The van der Waals surface area contributed by atoms with Gasteiger partial charge in [-0.25, -0.2) is 0 Å². The molecule has 6 heteroatoms. The van der Waals surface area contributed by atoms with E-state index in [1.165, 1.54) is 16.0 Å². The highest BCUT2D eigenvalue weighted by Gasteiger charge is 2.33. The van der Waals surface area contributed by atoms with Gasteiger partial charge >= 0.3 is 0 Å². The fourth-order valence-corrected chi connectivity index (χ4v) is 5.41. The second kappa shape index (κ2) is 7.24. The summed E-state index contributed by atoms with van der Waals surface area (Å²) in [5, 5.41) is 8.28. The van der Waals surface area contributed by atoms with E-state index in [0.29, 0.717) is 5.02 Å². The average molecular weight is 410 g/mol. The van der Waals surface area contributed by atoms with Gasteiger partial charge in [0.2, 0.25) is 0 Å². The van der Waals surface area contributed by atoms with Crippen molar-refractivity contribution >= 4 is 33.8 Å². The smallest absolute Gasteiger partial charge is 0.256 e. The van der Waals surface area contributed by atoms with Gasteiger partial charge in [-0.2, -0.15) is 0 Å². The SMILES string of the molecule is O=C1N[C@@H](c2ccc(Cl)cc2)Nc2sc3c(c21)CCN(Cc1ccccc1)C3. The lowest BCUT2D eigenvalue weighted by atomic mass is 10.00. The molecule has 0 unspecified atom stereocenters. The Balaban J connectivity index is 1.38. The number of anilines is 1. The molecule has 2 N–H and O–H groups in total. The second-order valence-electron chi connectivity index (χ2n) is 7.26. The van der Waals surface area contributed by atoms with E-state index in [1.54, 1.807) is 11.3 Å². The first-order valence-corrected chi connectivity index (χ1v) is 10.6. The van der Waals surface area contributed by atoms with E-state index in [1.807, 2.05) is 30.3 Å². The highest BCUT2D eigenvalue weighted by Crippen LogP contribution is 2.41. The van der Waals surface area contributed by atoms with E-state index < -0.39 is 0 Å². The summed E-state index contributed by atoms with van der Waals surface area (Å²) >= 11 is 7.71. The van der Waals surface area contributed by atoms with Crippen LogP contribution in [0.5, 0.6) is 0 Å². The minimum Gasteiger partial charge on any atom is -0.353 e. The maximum Gasteiger partial charge on any atom is 0.256 e. The Kier molecular flexibility index (Phi) is 4.59. The van der Waals surface area contributed by atoms with Gasteiger partial charge in [0.1, 0.15) is 11.2 Å². The van der Waals surface area contributed by atoms with Gasteiger partial charge in [0.25, 0.3) is 5.91 Å². The molecule has 0 bridgehead atoms. The van der Waals surface area contributed by atoms with Crippen molar-refractivity contribution in [1.29, 1.82) is 0 Å². The molecule has 0 spiro atoms. The summed E-state index contributed by atoms with van der Waals surface area (Å²) in [6.45, 7) is 2.80. The van der Waals surface area contributed by atoms with Gasteiger partial charge in [-0.15, -0.1) is 11.3 Å². The Morgan fingerprint density at radius 2 is 1.86 bits per heavy atom. The normalized spacial score (nSPS) is 18.8. The van der Waals surface area contributed by atoms with E-state index in [9.17, 15) is 4.79 Å². The van der Waals surface area contributed by atoms with Crippen LogP contribution in [0.3, 0.4) is 0 Å². The number of carbonyl (C=O) groups excluding carboxylic acids is 1. The first-order chi connectivity index (χ1) is 13.7. The topological polar surface area (TPSA) is 44.4 Å². The fourth-order valence-electron chi connectivity index (χ4n) is 3.97. The zero-order valence-electron chi connectivity index (χ0n) is 15.2. The quantitative estimate of drug-likeness (QED) is 0.652. The maximum absolute atomic E-state index is 12.9. The number of rotatable bonds is 3. The first-order valence-electron chi connectivity index (χ1n) is 9.41. The molecule has 1 amide bonds. The monoisotopic (exact) mass is 409 g/mol. The summed E-state index contributed by atoms with van der Waals surface area (Å²) < 4.78 is 0. The van der Waals surface area contributed by atoms with Crippen LogP contribution in [0.1, 0.15) is 38.1 Å². The number of nitrogens with one attached hydrogen (secondary N) is 2. The molecule has 4 nitrogen and oxygen atoms in total. The minimum atomic E-state index is -0.224. The van der Waals surface area contributed by atoms with Crippen molar-refractivity contribution in [2.45, 2.75) is 25.7 Å². The van der Waals surface area contributed by atoms with E-state index >= 15 is 0 Å². The number of halogens is 1. The Morgan fingerprint density at radius 1 is 1.07 bits per heavy atom. The molecule has 2 aromatic carbocycles. The van der Waals surface area contributed by atoms with Crippen LogP contribution < -0.4 is 10.6 Å². The molecule has 1 aromatic heterocycles. The second-order valence-corrected chi connectivity index (χ2v) is 8.80. The standard InChI is InChI=1S/C22H20ClN3OS/c23-16-8-6-15(7-9-16)20-24-21(27)19-17-10-11-26(12-14-4-2-1-3-5-14)13-18(17)28-22(19)25-20/h1-9,20,25H,10-13H2,(H,24,27)/t20-/m1/s1. The van der Waals surface area contributed by atoms with Crippen molar-refractivity contribution in [3.05, 3.63) is 86.8 Å². The van der Waals surface area contributed by atoms with Crippen LogP contribution >= 0.6 is 22.9 Å². The highest BCUT2D eigenvalue weighted by molar-refractivity contribution is 7.16. The lowest BCUT2D eigenvalue weighted by Crippen LogP contribution is -2.38. The van der Waals surface area contributed by atoms with E-state index in [-0.39, 0.29) is 12.1 Å². The fraction of sp³-hybridized carbons (Fsp3) is 0.227. The third kappa shape index (κ3) is 3.30. The number of amides is 1. The average Bonchev–Trinajstić information content (AvgIpc) is 3.07. The molecule has 3 aromatic rings. The molecular formula is C22H20ClN3OS. The zero-order valence-corrected chi connectivity index (χ0v) is 16.8. The van der Waals surface area contributed by atoms with Crippen molar-refractivity contribution in [2.75, 3.05) is 11.9 Å².